The number of unbranched alkanes of at least 4 members (excludes halogenated alkanes) is 1. The molecule has 0 saturated carbocycles. The molecule has 0 bridgehead atoms. The minimum absolute atomic E-state index is 0.0103. The SMILES string of the molecule is COC(=O)CC(NC(=O)CNC(=O)CCCCNc1cc(C)ccn1)c1ccc(-c2ccccc2)cc1.O=C(O)C(F)(F)F. The van der Waals surface area contributed by atoms with Crippen molar-refractivity contribution in [2.45, 2.75) is 44.8 Å². The number of carbonyl (C=O) groups is 4. The van der Waals surface area contributed by atoms with E-state index in [2.05, 4.69) is 20.9 Å². The van der Waals surface area contributed by atoms with E-state index in [9.17, 15) is 27.6 Å². The highest BCUT2D eigenvalue weighted by atomic mass is 19.4. The van der Waals surface area contributed by atoms with Crippen LogP contribution in [0.5, 0.6) is 0 Å². The molecule has 1 heterocycles. The standard InChI is InChI=1S/C29H34N4O4.C2HF3O2/c1-21-15-17-31-26(18-21)30-16-7-6-10-27(34)32-20-28(35)33-25(19-29(36)37-2)24-13-11-23(12-14-24)22-8-4-3-5-9-22;3-2(4,5)1(6)7/h3-5,8-9,11-15,17-18,25H,6-7,10,16,19-20H2,1-2H3,(H,30,31)(H,32,34)(H,33,35);(H,6,7). The van der Waals surface area contributed by atoms with E-state index in [-0.39, 0.29) is 24.8 Å². The van der Waals surface area contributed by atoms with Gasteiger partial charge in [0.1, 0.15) is 5.82 Å². The summed E-state index contributed by atoms with van der Waals surface area (Å²) in [5.41, 5.74) is 4.02. The van der Waals surface area contributed by atoms with Crippen LogP contribution in [0, 0.1) is 6.92 Å². The van der Waals surface area contributed by atoms with Crippen LogP contribution in [-0.4, -0.2) is 60.2 Å². The molecule has 2 aromatic carbocycles. The fourth-order valence-electron chi connectivity index (χ4n) is 3.81. The van der Waals surface area contributed by atoms with Crippen molar-refractivity contribution in [2.24, 2.45) is 0 Å². The van der Waals surface area contributed by atoms with E-state index in [1.165, 1.54) is 7.11 Å². The quantitative estimate of drug-likeness (QED) is 0.158. The first-order chi connectivity index (χ1) is 20.9. The fraction of sp³-hybridized carbons (Fsp3) is 0.323. The number of pyridine rings is 1. The molecule has 0 saturated heterocycles. The van der Waals surface area contributed by atoms with Crippen molar-refractivity contribution in [1.29, 1.82) is 0 Å². The number of esters is 1. The average Bonchev–Trinajstić information content (AvgIpc) is 3.00. The van der Waals surface area contributed by atoms with Crippen LogP contribution in [0.4, 0.5) is 19.0 Å². The van der Waals surface area contributed by atoms with Crippen LogP contribution in [0.15, 0.2) is 72.9 Å². The summed E-state index contributed by atoms with van der Waals surface area (Å²) in [6.45, 7) is 2.55. The number of hydrogen-bond acceptors (Lipinski definition) is 7. The van der Waals surface area contributed by atoms with Gasteiger partial charge in [0.15, 0.2) is 0 Å². The molecule has 0 aliphatic carbocycles. The van der Waals surface area contributed by atoms with Crippen LogP contribution in [0.2, 0.25) is 0 Å². The van der Waals surface area contributed by atoms with Crippen LogP contribution in [0.1, 0.15) is 42.9 Å². The second kappa shape index (κ2) is 17.9. The Bertz CT molecular complexity index is 1370. The third kappa shape index (κ3) is 13.4. The van der Waals surface area contributed by atoms with Gasteiger partial charge in [-0.3, -0.25) is 14.4 Å². The predicted molar refractivity (Wildman–Crippen MR) is 157 cm³/mol. The van der Waals surface area contributed by atoms with Gasteiger partial charge >= 0.3 is 18.1 Å². The number of rotatable bonds is 13. The van der Waals surface area contributed by atoms with Gasteiger partial charge in [-0.2, -0.15) is 13.2 Å². The molecule has 4 N–H and O–H groups in total. The smallest absolute Gasteiger partial charge is 0.475 e. The van der Waals surface area contributed by atoms with Crippen molar-refractivity contribution in [1.82, 2.24) is 15.6 Å². The Kier molecular flexibility index (Phi) is 14.3. The van der Waals surface area contributed by atoms with Gasteiger partial charge in [-0.05, 0) is 54.2 Å². The Morgan fingerprint density at radius 2 is 1.57 bits per heavy atom. The van der Waals surface area contributed by atoms with Gasteiger partial charge in [-0.25, -0.2) is 9.78 Å². The monoisotopic (exact) mass is 616 g/mol. The lowest BCUT2D eigenvalue weighted by molar-refractivity contribution is -0.192. The molecule has 1 atom stereocenters. The summed E-state index contributed by atoms with van der Waals surface area (Å²) < 4.78 is 36.5. The largest absolute Gasteiger partial charge is 0.490 e. The summed E-state index contributed by atoms with van der Waals surface area (Å²) in [5.74, 6) is -2.94. The Hall–Kier alpha value is -4.94. The maximum Gasteiger partial charge on any atom is 0.490 e. The number of benzene rings is 2. The number of nitrogens with zero attached hydrogens (tertiary/aromatic N) is 1. The first kappa shape index (κ1) is 35.3. The zero-order valence-corrected chi connectivity index (χ0v) is 24.3. The number of anilines is 1. The van der Waals surface area contributed by atoms with Gasteiger partial charge in [0, 0.05) is 19.2 Å². The molecule has 13 heteroatoms. The molecule has 10 nitrogen and oxygen atoms in total. The average molecular weight is 617 g/mol. The molecule has 3 rings (SSSR count). The highest BCUT2D eigenvalue weighted by Crippen LogP contribution is 2.23. The number of carboxylic acids is 1. The Balaban J connectivity index is 0.000000860. The van der Waals surface area contributed by atoms with Crippen LogP contribution in [-0.2, 0) is 23.9 Å². The van der Waals surface area contributed by atoms with Crippen LogP contribution in [0.3, 0.4) is 0 Å². The minimum Gasteiger partial charge on any atom is -0.475 e. The number of ether oxygens (including phenoxy) is 1. The molecular weight excluding hydrogens is 581 g/mol. The number of alkyl halides is 3. The summed E-state index contributed by atoms with van der Waals surface area (Å²) in [4.78, 5) is 49.8. The maximum atomic E-state index is 12.6. The second-order valence-electron chi connectivity index (χ2n) is 9.57. The third-order valence-electron chi connectivity index (χ3n) is 6.09. The van der Waals surface area contributed by atoms with Crippen molar-refractivity contribution in [2.75, 3.05) is 25.5 Å². The van der Waals surface area contributed by atoms with Gasteiger partial charge < -0.3 is 25.8 Å². The molecule has 1 aromatic heterocycles. The normalized spacial score (nSPS) is 11.3. The molecular formula is C31H35F3N4O6. The molecule has 2 amide bonds. The van der Waals surface area contributed by atoms with E-state index in [4.69, 9.17) is 14.6 Å². The van der Waals surface area contributed by atoms with Gasteiger partial charge in [0.25, 0.3) is 0 Å². The Labute approximate surface area is 253 Å². The highest BCUT2D eigenvalue weighted by molar-refractivity contribution is 5.85. The van der Waals surface area contributed by atoms with Gasteiger partial charge in [-0.15, -0.1) is 0 Å². The number of aromatic nitrogens is 1. The van der Waals surface area contributed by atoms with E-state index in [1.54, 1.807) is 6.20 Å². The highest BCUT2D eigenvalue weighted by Gasteiger charge is 2.38. The third-order valence-corrected chi connectivity index (χ3v) is 6.09. The van der Waals surface area contributed by atoms with Crippen LogP contribution in [0.25, 0.3) is 11.1 Å². The van der Waals surface area contributed by atoms with Gasteiger partial charge in [-0.1, -0.05) is 54.6 Å². The van der Waals surface area contributed by atoms with E-state index in [0.29, 0.717) is 19.4 Å². The summed E-state index contributed by atoms with van der Waals surface area (Å²) in [5, 5.41) is 15.9. The molecule has 3 aromatic rings. The summed E-state index contributed by atoms with van der Waals surface area (Å²) in [6.07, 6.45) is -1.53. The first-order valence-corrected chi connectivity index (χ1v) is 13.6. The Morgan fingerprint density at radius 3 is 2.16 bits per heavy atom. The van der Waals surface area contributed by atoms with Crippen molar-refractivity contribution < 1.29 is 42.2 Å². The van der Waals surface area contributed by atoms with Crippen LogP contribution >= 0.6 is 0 Å². The lowest BCUT2D eigenvalue weighted by Crippen LogP contribution is -2.39. The molecule has 0 fully saturated rings. The summed E-state index contributed by atoms with van der Waals surface area (Å²) >= 11 is 0. The topological polar surface area (TPSA) is 147 Å². The number of aliphatic carboxylic acids is 1. The van der Waals surface area contributed by atoms with Crippen molar-refractivity contribution >= 4 is 29.6 Å². The first-order valence-electron chi connectivity index (χ1n) is 13.6. The molecule has 0 aliphatic rings. The summed E-state index contributed by atoms with van der Waals surface area (Å²) in [7, 11) is 1.31. The fourth-order valence-corrected chi connectivity index (χ4v) is 3.81. The lowest BCUT2D eigenvalue weighted by atomic mass is 9.99. The molecule has 0 spiro atoms. The molecule has 1 unspecified atom stereocenters. The number of hydrogen-bond donors (Lipinski definition) is 4. The van der Waals surface area contributed by atoms with E-state index < -0.39 is 24.2 Å². The number of nitrogens with one attached hydrogen (secondary N) is 3. The lowest BCUT2D eigenvalue weighted by Gasteiger charge is -2.19. The minimum atomic E-state index is -5.08. The van der Waals surface area contributed by atoms with E-state index in [1.807, 2.05) is 73.7 Å². The zero-order chi connectivity index (χ0) is 32.5. The number of aryl methyl sites for hydroxylation is 1. The predicted octanol–water partition coefficient (Wildman–Crippen LogP) is 4.81. The van der Waals surface area contributed by atoms with Crippen molar-refractivity contribution in [3.05, 3.63) is 84.1 Å². The van der Waals surface area contributed by atoms with Gasteiger partial charge in [0.05, 0.1) is 26.1 Å². The zero-order valence-electron chi connectivity index (χ0n) is 24.3. The van der Waals surface area contributed by atoms with E-state index >= 15 is 0 Å². The number of carboxylic acid groups (broad SMARTS) is 1. The van der Waals surface area contributed by atoms with Gasteiger partial charge in [0.2, 0.25) is 11.8 Å². The number of methoxy groups -OCH3 is 1. The second-order valence-corrected chi connectivity index (χ2v) is 9.57. The van der Waals surface area contributed by atoms with Crippen molar-refractivity contribution in [3.8, 4) is 11.1 Å². The van der Waals surface area contributed by atoms with Crippen LogP contribution < -0.4 is 16.0 Å². The molecule has 0 aliphatic heterocycles. The summed E-state index contributed by atoms with van der Waals surface area (Å²) in [6, 6.07) is 20.9. The van der Waals surface area contributed by atoms with E-state index in [0.717, 1.165) is 34.5 Å². The van der Waals surface area contributed by atoms with Crippen molar-refractivity contribution in [3.63, 3.8) is 0 Å². The number of amides is 2. The molecule has 236 valence electrons. The molecule has 44 heavy (non-hydrogen) atoms. The number of halogens is 3. The maximum absolute atomic E-state index is 12.6. The Morgan fingerprint density at radius 1 is 0.932 bits per heavy atom. The number of carbonyl (C=O) groups excluding carboxylic acids is 3. The molecule has 0 radical (unpaired) electrons.